The Labute approximate surface area is 111 Å². The Bertz CT molecular complexity index is 350. The van der Waals surface area contributed by atoms with E-state index in [1.54, 1.807) is 20.8 Å². The van der Waals surface area contributed by atoms with Crippen LogP contribution in [0.5, 0.6) is 0 Å². The average molecular weight is 279 g/mol. The van der Waals surface area contributed by atoms with Crippen molar-refractivity contribution < 1.29 is 27.8 Å². The zero-order valence-electron chi connectivity index (χ0n) is 11.5. The van der Waals surface area contributed by atoms with Crippen LogP contribution in [0.15, 0.2) is 11.8 Å². The maximum Gasteiger partial charge on any atom is 0.415 e. The summed E-state index contributed by atoms with van der Waals surface area (Å²) >= 11 is 0. The van der Waals surface area contributed by atoms with Crippen molar-refractivity contribution in [3.8, 4) is 0 Å². The third-order valence-electron chi connectivity index (χ3n) is 2.38. The van der Waals surface area contributed by atoms with Gasteiger partial charge in [0.25, 0.3) is 0 Å². The summed E-state index contributed by atoms with van der Waals surface area (Å²) < 4.78 is 35.0. The molecule has 0 spiro atoms. The van der Waals surface area contributed by atoms with Gasteiger partial charge in [-0.3, -0.25) is 4.79 Å². The first-order valence-corrected chi connectivity index (χ1v) is 6.06. The minimum absolute atomic E-state index is 0.0811. The first-order chi connectivity index (χ1) is 8.87. The van der Waals surface area contributed by atoms with Crippen LogP contribution < -0.4 is 0 Å². The molecule has 0 aliphatic heterocycles. The van der Waals surface area contributed by atoms with Crippen molar-refractivity contribution >= 4 is 12.1 Å². The van der Waals surface area contributed by atoms with E-state index in [9.17, 15) is 18.4 Å². The van der Waals surface area contributed by atoms with E-state index >= 15 is 0 Å². The van der Waals surface area contributed by atoms with E-state index in [0.717, 1.165) is 6.92 Å². The standard InChI is InChI=1S/C12H19F2NO4/c1-5-9(18-8(4)16)10(11(13)14)19-12(17)15(6-2)7-3/h9H,5-7H2,1-4H3. The Morgan fingerprint density at radius 1 is 1.16 bits per heavy atom. The summed E-state index contributed by atoms with van der Waals surface area (Å²) in [6.45, 7) is 6.71. The highest BCUT2D eigenvalue weighted by molar-refractivity contribution is 5.69. The fourth-order valence-electron chi connectivity index (χ4n) is 1.39. The molecule has 0 radical (unpaired) electrons. The number of esters is 1. The number of carbonyl (C=O) groups excluding carboxylic acids is 2. The molecule has 0 bridgehead atoms. The zero-order valence-corrected chi connectivity index (χ0v) is 11.5. The molecule has 0 fully saturated rings. The number of ether oxygens (including phenoxy) is 2. The quantitative estimate of drug-likeness (QED) is 0.554. The molecule has 5 nitrogen and oxygen atoms in total. The molecule has 0 aromatic rings. The van der Waals surface area contributed by atoms with Gasteiger partial charge in [0, 0.05) is 20.0 Å². The van der Waals surface area contributed by atoms with Crippen LogP contribution in [0, 0.1) is 0 Å². The molecule has 0 N–H and O–H groups in total. The Morgan fingerprint density at radius 3 is 2.00 bits per heavy atom. The van der Waals surface area contributed by atoms with E-state index in [1.807, 2.05) is 0 Å². The van der Waals surface area contributed by atoms with Crippen molar-refractivity contribution in [3.05, 3.63) is 11.8 Å². The normalized spacial score (nSPS) is 11.5. The number of rotatable bonds is 6. The molecule has 0 saturated carbocycles. The third-order valence-corrected chi connectivity index (χ3v) is 2.38. The predicted molar refractivity (Wildman–Crippen MR) is 64.5 cm³/mol. The van der Waals surface area contributed by atoms with Crippen LogP contribution in [0.4, 0.5) is 13.6 Å². The number of nitrogens with zero attached hydrogens (tertiary/aromatic N) is 1. The summed E-state index contributed by atoms with van der Waals surface area (Å²) in [4.78, 5) is 23.7. The van der Waals surface area contributed by atoms with Crippen molar-refractivity contribution in [2.75, 3.05) is 13.1 Å². The average Bonchev–Trinajstić information content (AvgIpc) is 2.34. The first-order valence-electron chi connectivity index (χ1n) is 6.06. The summed E-state index contributed by atoms with van der Waals surface area (Å²) in [6.07, 6.45) is -4.24. The van der Waals surface area contributed by atoms with Crippen LogP contribution >= 0.6 is 0 Å². The van der Waals surface area contributed by atoms with Gasteiger partial charge in [-0.15, -0.1) is 0 Å². The van der Waals surface area contributed by atoms with Crippen molar-refractivity contribution in [1.82, 2.24) is 4.90 Å². The van der Waals surface area contributed by atoms with Crippen molar-refractivity contribution in [3.63, 3.8) is 0 Å². The second-order valence-electron chi connectivity index (χ2n) is 3.67. The lowest BCUT2D eigenvalue weighted by Crippen LogP contribution is -2.33. The van der Waals surface area contributed by atoms with Gasteiger partial charge in [-0.25, -0.2) is 4.79 Å². The minimum atomic E-state index is -2.17. The molecular formula is C12H19F2NO4. The van der Waals surface area contributed by atoms with Crippen LogP contribution in [0.1, 0.15) is 34.1 Å². The molecule has 0 saturated heterocycles. The van der Waals surface area contributed by atoms with Gasteiger partial charge in [0.15, 0.2) is 6.10 Å². The maximum absolute atomic E-state index is 12.8. The summed E-state index contributed by atoms with van der Waals surface area (Å²) in [5.41, 5.74) is 0. The van der Waals surface area contributed by atoms with Gasteiger partial charge in [0.05, 0.1) is 0 Å². The molecule has 1 unspecified atom stereocenters. The number of hydrogen-bond acceptors (Lipinski definition) is 4. The van der Waals surface area contributed by atoms with E-state index in [0.29, 0.717) is 13.1 Å². The van der Waals surface area contributed by atoms with Crippen LogP contribution in [-0.4, -0.2) is 36.2 Å². The van der Waals surface area contributed by atoms with Gasteiger partial charge in [-0.05, 0) is 20.3 Å². The third kappa shape index (κ3) is 5.67. The van der Waals surface area contributed by atoms with Gasteiger partial charge < -0.3 is 14.4 Å². The second kappa shape index (κ2) is 8.44. The monoisotopic (exact) mass is 279 g/mol. The number of hydrogen-bond donors (Lipinski definition) is 0. The number of amides is 1. The Morgan fingerprint density at radius 2 is 1.68 bits per heavy atom. The molecule has 7 heteroatoms. The van der Waals surface area contributed by atoms with Crippen molar-refractivity contribution in [2.45, 2.75) is 40.2 Å². The van der Waals surface area contributed by atoms with E-state index in [2.05, 4.69) is 4.74 Å². The van der Waals surface area contributed by atoms with Gasteiger partial charge >= 0.3 is 18.1 Å². The van der Waals surface area contributed by atoms with Crippen LogP contribution in [0.3, 0.4) is 0 Å². The van der Waals surface area contributed by atoms with Crippen molar-refractivity contribution in [2.24, 2.45) is 0 Å². The highest BCUT2D eigenvalue weighted by Gasteiger charge is 2.27. The summed E-state index contributed by atoms with van der Waals surface area (Å²) in [7, 11) is 0. The SMILES string of the molecule is CCC(OC(C)=O)C(OC(=O)N(CC)CC)=C(F)F. The molecule has 19 heavy (non-hydrogen) atoms. The van der Waals surface area contributed by atoms with Gasteiger partial charge in [-0.2, -0.15) is 8.78 Å². The lowest BCUT2D eigenvalue weighted by Gasteiger charge is -2.22. The maximum atomic E-state index is 12.8. The molecule has 0 aromatic heterocycles. The molecule has 0 aliphatic rings. The molecule has 1 amide bonds. The summed E-state index contributed by atoms with van der Waals surface area (Å²) in [5, 5.41) is 0. The molecule has 110 valence electrons. The van der Waals surface area contributed by atoms with E-state index in [4.69, 9.17) is 4.74 Å². The molecule has 1 atom stereocenters. The molecular weight excluding hydrogens is 260 g/mol. The predicted octanol–water partition coefficient (Wildman–Crippen LogP) is 2.91. The van der Waals surface area contributed by atoms with E-state index in [1.165, 1.54) is 4.90 Å². The summed E-state index contributed by atoms with van der Waals surface area (Å²) in [6, 6.07) is 0. The Balaban J connectivity index is 4.99. The highest BCUT2D eigenvalue weighted by Crippen LogP contribution is 2.20. The molecule has 0 heterocycles. The summed E-state index contributed by atoms with van der Waals surface area (Å²) in [5.74, 6) is -1.63. The van der Waals surface area contributed by atoms with Gasteiger partial charge in [0.1, 0.15) is 0 Å². The fourth-order valence-corrected chi connectivity index (χ4v) is 1.39. The highest BCUT2D eigenvalue weighted by atomic mass is 19.3. The topological polar surface area (TPSA) is 55.8 Å². The van der Waals surface area contributed by atoms with Gasteiger partial charge in [-0.1, -0.05) is 6.92 Å². The lowest BCUT2D eigenvalue weighted by molar-refractivity contribution is -0.146. The van der Waals surface area contributed by atoms with Crippen LogP contribution in [-0.2, 0) is 14.3 Å². The lowest BCUT2D eigenvalue weighted by atomic mass is 10.2. The number of halogens is 2. The van der Waals surface area contributed by atoms with Crippen molar-refractivity contribution in [1.29, 1.82) is 0 Å². The van der Waals surface area contributed by atoms with Gasteiger partial charge in [0.2, 0.25) is 5.76 Å². The minimum Gasteiger partial charge on any atom is -0.454 e. The number of carbonyl (C=O) groups is 2. The molecule has 0 aliphatic carbocycles. The fraction of sp³-hybridized carbons (Fsp3) is 0.667. The Hall–Kier alpha value is -1.66. The smallest absolute Gasteiger partial charge is 0.415 e. The first kappa shape index (κ1) is 17.3. The Kier molecular flexibility index (Phi) is 7.71. The zero-order chi connectivity index (χ0) is 15.0. The van der Waals surface area contributed by atoms with E-state index < -0.39 is 30.0 Å². The van der Waals surface area contributed by atoms with Crippen LogP contribution in [0.25, 0.3) is 0 Å². The largest absolute Gasteiger partial charge is 0.454 e. The molecule has 0 rings (SSSR count). The van der Waals surface area contributed by atoms with Crippen LogP contribution in [0.2, 0.25) is 0 Å². The van der Waals surface area contributed by atoms with E-state index in [-0.39, 0.29) is 6.42 Å². The molecule has 0 aromatic carbocycles. The second-order valence-corrected chi connectivity index (χ2v) is 3.67.